The summed E-state index contributed by atoms with van der Waals surface area (Å²) in [5, 5.41) is 2.91. The second-order valence-electron chi connectivity index (χ2n) is 4.83. The Morgan fingerprint density at radius 2 is 2.20 bits per heavy atom. The number of aromatic nitrogens is 2. The third kappa shape index (κ3) is 2.99. The molecular weight excluding hydrogens is 254 g/mol. The molecule has 0 radical (unpaired) electrons. The molecule has 1 atom stereocenters. The largest absolute Gasteiger partial charge is 0.375 e. The van der Waals surface area contributed by atoms with Crippen LogP contribution in [0.4, 0.5) is 0 Å². The van der Waals surface area contributed by atoms with Gasteiger partial charge in [0.05, 0.1) is 17.1 Å². The molecule has 2 aromatic rings. The zero-order valence-electron chi connectivity index (χ0n) is 12.2. The number of nitrogens with zero attached hydrogens (tertiary/aromatic N) is 2. The Kier molecular flexibility index (Phi) is 4.74. The molecule has 5 nitrogen and oxygen atoms in total. The average Bonchev–Trinajstić information content (AvgIpc) is 2.79. The highest BCUT2D eigenvalue weighted by Crippen LogP contribution is 2.21. The van der Waals surface area contributed by atoms with Gasteiger partial charge in [0.2, 0.25) is 5.91 Å². The number of fused-ring (bicyclic) bond motifs is 1. The van der Waals surface area contributed by atoms with E-state index in [0.29, 0.717) is 0 Å². The van der Waals surface area contributed by atoms with Crippen LogP contribution in [0, 0.1) is 0 Å². The number of benzene rings is 1. The van der Waals surface area contributed by atoms with Crippen LogP contribution in [0.5, 0.6) is 0 Å². The number of para-hydroxylation sites is 2. The minimum atomic E-state index is -0.142. The van der Waals surface area contributed by atoms with Crippen LogP contribution >= 0.6 is 0 Å². The van der Waals surface area contributed by atoms with Crippen LogP contribution in [0.25, 0.3) is 11.0 Å². The highest BCUT2D eigenvalue weighted by atomic mass is 16.5. The minimum absolute atomic E-state index is 0.0678. The maximum Gasteiger partial charge on any atom is 0.246 e. The number of aryl methyl sites for hydroxylation is 1. The van der Waals surface area contributed by atoms with E-state index in [-0.39, 0.29) is 18.6 Å². The molecule has 0 spiro atoms. The van der Waals surface area contributed by atoms with Gasteiger partial charge in [0.25, 0.3) is 0 Å². The van der Waals surface area contributed by atoms with E-state index in [1.54, 1.807) is 0 Å². The monoisotopic (exact) mass is 275 g/mol. The van der Waals surface area contributed by atoms with E-state index in [4.69, 9.17) is 4.74 Å². The summed E-state index contributed by atoms with van der Waals surface area (Å²) in [4.78, 5) is 16.3. The topological polar surface area (TPSA) is 56.2 Å². The van der Waals surface area contributed by atoms with Gasteiger partial charge in [-0.1, -0.05) is 19.1 Å². The first-order valence-corrected chi connectivity index (χ1v) is 6.90. The molecule has 108 valence electrons. The van der Waals surface area contributed by atoms with Gasteiger partial charge in [0, 0.05) is 13.7 Å². The number of hydrogen-bond donors (Lipinski definition) is 1. The Morgan fingerprint density at radius 3 is 2.90 bits per heavy atom. The number of ether oxygens (including phenoxy) is 1. The molecule has 0 saturated carbocycles. The minimum Gasteiger partial charge on any atom is -0.375 e. The second kappa shape index (κ2) is 6.52. The van der Waals surface area contributed by atoms with E-state index in [9.17, 15) is 4.79 Å². The Hall–Kier alpha value is -1.88. The molecule has 1 aromatic carbocycles. The molecule has 5 heteroatoms. The van der Waals surface area contributed by atoms with Gasteiger partial charge < -0.3 is 14.6 Å². The van der Waals surface area contributed by atoms with Gasteiger partial charge in [-0.15, -0.1) is 0 Å². The van der Waals surface area contributed by atoms with Crippen LogP contribution in [0.3, 0.4) is 0 Å². The Labute approximate surface area is 118 Å². The van der Waals surface area contributed by atoms with Crippen molar-refractivity contribution in [1.82, 2.24) is 14.9 Å². The number of amides is 1. The van der Waals surface area contributed by atoms with Crippen molar-refractivity contribution < 1.29 is 9.53 Å². The van der Waals surface area contributed by atoms with Crippen molar-refractivity contribution in [3.63, 3.8) is 0 Å². The summed E-state index contributed by atoms with van der Waals surface area (Å²) >= 11 is 0. The highest BCUT2D eigenvalue weighted by Gasteiger charge is 2.17. The SMILES string of the molecule is CCCn1c(C(C)NC(=O)COC)nc2ccccc21. The lowest BCUT2D eigenvalue weighted by atomic mass is 10.3. The van der Waals surface area contributed by atoms with E-state index >= 15 is 0 Å². The number of hydrogen-bond acceptors (Lipinski definition) is 3. The molecule has 0 fully saturated rings. The van der Waals surface area contributed by atoms with Gasteiger partial charge in [-0.25, -0.2) is 4.98 Å². The van der Waals surface area contributed by atoms with Gasteiger partial charge in [0.1, 0.15) is 12.4 Å². The summed E-state index contributed by atoms with van der Waals surface area (Å²) in [5.41, 5.74) is 2.07. The molecule has 0 saturated heterocycles. The maximum atomic E-state index is 11.6. The third-order valence-electron chi connectivity index (χ3n) is 3.17. The Bertz CT molecular complexity index is 592. The maximum absolute atomic E-state index is 11.6. The summed E-state index contributed by atoms with van der Waals surface area (Å²) < 4.78 is 7.01. The van der Waals surface area contributed by atoms with E-state index in [2.05, 4.69) is 27.9 Å². The molecule has 1 aromatic heterocycles. The van der Waals surface area contributed by atoms with Crippen molar-refractivity contribution in [3.8, 4) is 0 Å². The normalized spacial score (nSPS) is 12.6. The summed E-state index contributed by atoms with van der Waals surface area (Å²) in [6.45, 7) is 5.03. The molecule has 0 aliphatic rings. The predicted octanol–water partition coefficient (Wildman–Crippen LogP) is 2.27. The molecule has 1 unspecified atom stereocenters. The molecule has 1 heterocycles. The fourth-order valence-corrected chi connectivity index (χ4v) is 2.36. The van der Waals surface area contributed by atoms with Crippen molar-refractivity contribution in [2.24, 2.45) is 0 Å². The Morgan fingerprint density at radius 1 is 1.45 bits per heavy atom. The van der Waals surface area contributed by atoms with Crippen LogP contribution < -0.4 is 5.32 Å². The summed E-state index contributed by atoms with van der Waals surface area (Å²) in [6.07, 6.45) is 1.02. The van der Waals surface area contributed by atoms with E-state index < -0.39 is 0 Å². The van der Waals surface area contributed by atoms with E-state index in [1.807, 2.05) is 25.1 Å². The smallest absolute Gasteiger partial charge is 0.246 e. The first-order chi connectivity index (χ1) is 9.67. The van der Waals surface area contributed by atoms with Crippen LogP contribution in [0.15, 0.2) is 24.3 Å². The number of imidazole rings is 1. The van der Waals surface area contributed by atoms with Gasteiger partial charge in [0.15, 0.2) is 0 Å². The molecule has 0 aliphatic carbocycles. The van der Waals surface area contributed by atoms with Crippen LogP contribution in [-0.4, -0.2) is 29.2 Å². The Balaban J connectivity index is 2.32. The zero-order chi connectivity index (χ0) is 14.5. The number of carbonyl (C=O) groups is 1. The number of rotatable bonds is 6. The predicted molar refractivity (Wildman–Crippen MR) is 78.5 cm³/mol. The number of carbonyl (C=O) groups excluding carboxylic acids is 1. The lowest BCUT2D eigenvalue weighted by Crippen LogP contribution is -2.31. The van der Waals surface area contributed by atoms with Crippen molar-refractivity contribution in [3.05, 3.63) is 30.1 Å². The molecular formula is C15H21N3O2. The van der Waals surface area contributed by atoms with E-state index in [1.165, 1.54) is 7.11 Å². The highest BCUT2D eigenvalue weighted by molar-refractivity contribution is 5.78. The fraction of sp³-hybridized carbons (Fsp3) is 0.467. The number of methoxy groups -OCH3 is 1. The van der Waals surface area contributed by atoms with E-state index in [0.717, 1.165) is 29.8 Å². The van der Waals surface area contributed by atoms with Crippen LogP contribution in [0.2, 0.25) is 0 Å². The van der Waals surface area contributed by atoms with Gasteiger partial charge in [-0.05, 0) is 25.5 Å². The van der Waals surface area contributed by atoms with Gasteiger partial charge in [-0.3, -0.25) is 4.79 Å². The van der Waals surface area contributed by atoms with Crippen LogP contribution in [0.1, 0.15) is 32.1 Å². The van der Waals surface area contributed by atoms with Crippen LogP contribution in [-0.2, 0) is 16.1 Å². The standard InChI is InChI=1S/C15H21N3O2/c1-4-9-18-13-8-6-5-7-12(13)17-15(18)11(2)16-14(19)10-20-3/h5-8,11H,4,9-10H2,1-3H3,(H,16,19). The molecule has 20 heavy (non-hydrogen) atoms. The van der Waals surface area contributed by atoms with Crippen molar-refractivity contribution in [2.75, 3.05) is 13.7 Å². The lowest BCUT2D eigenvalue weighted by Gasteiger charge is -2.15. The first kappa shape index (κ1) is 14.5. The quantitative estimate of drug-likeness (QED) is 0.880. The van der Waals surface area contributed by atoms with Gasteiger partial charge >= 0.3 is 0 Å². The average molecular weight is 275 g/mol. The number of nitrogens with one attached hydrogen (secondary N) is 1. The summed E-state index contributed by atoms with van der Waals surface area (Å²) in [7, 11) is 1.51. The molecule has 1 amide bonds. The summed E-state index contributed by atoms with van der Waals surface area (Å²) in [6, 6.07) is 7.90. The molecule has 0 aliphatic heterocycles. The van der Waals surface area contributed by atoms with Crippen molar-refractivity contribution >= 4 is 16.9 Å². The van der Waals surface area contributed by atoms with Crippen molar-refractivity contribution in [2.45, 2.75) is 32.9 Å². The zero-order valence-corrected chi connectivity index (χ0v) is 12.2. The molecule has 1 N–H and O–H groups in total. The second-order valence-corrected chi connectivity index (χ2v) is 4.83. The lowest BCUT2D eigenvalue weighted by molar-refractivity contribution is -0.125. The molecule has 0 bridgehead atoms. The summed E-state index contributed by atoms with van der Waals surface area (Å²) in [5.74, 6) is 0.757. The van der Waals surface area contributed by atoms with Crippen molar-refractivity contribution in [1.29, 1.82) is 0 Å². The fourth-order valence-electron chi connectivity index (χ4n) is 2.36. The van der Waals surface area contributed by atoms with Gasteiger partial charge in [-0.2, -0.15) is 0 Å². The molecule has 2 rings (SSSR count). The third-order valence-corrected chi connectivity index (χ3v) is 3.17. The first-order valence-electron chi connectivity index (χ1n) is 6.90.